The fourth-order valence-corrected chi connectivity index (χ4v) is 3.66. The molecule has 1 aliphatic heterocycles. The molecule has 6 heteroatoms. The highest BCUT2D eigenvalue weighted by atomic mass is 16.7. The lowest BCUT2D eigenvalue weighted by Crippen LogP contribution is -2.41. The molecule has 2 aromatic rings. The third-order valence-corrected chi connectivity index (χ3v) is 6.10. The number of Topliss-reactive ketones (excluding diaryl/α,β-unsaturated/α-hetero) is 2. The average molecular weight is 389 g/mol. The van der Waals surface area contributed by atoms with E-state index < -0.39 is 29.9 Å². The lowest BCUT2D eigenvalue weighted by molar-refractivity contribution is 0.00578. The number of nitrogens with two attached hydrogens (primary N) is 1. The van der Waals surface area contributed by atoms with Crippen molar-refractivity contribution in [2.24, 2.45) is 5.73 Å². The van der Waals surface area contributed by atoms with E-state index in [0.717, 1.165) is 22.2 Å². The van der Waals surface area contributed by atoms with Gasteiger partial charge in [0.1, 0.15) is 0 Å². The number of carbonyl (C=O) groups is 2. The van der Waals surface area contributed by atoms with Gasteiger partial charge in [-0.25, -0.2) is 0 Å². The molecule has 0 amide bonds. The van der Waals surface area contributed by atoms with Crippen LogP contribution in [0.2, 0.25) is 0 Å². The van der Waals surface area contributed by atoms with Crippen LogP contribution in [0.3, 0.4) is 0 Å². The first kappa shape index (κ1) is 19.8. The Kier molecular flexibility index (Phi) is 4.61. The molecule has 0 aromatic heterocycles. The number of hydrogen-bond acceptors (Lipinski definition) is 5. The van der Waals surface area contributed by atoms with Gasteiger partial charge >= 0.3 is 7.12 Å². The van der Waals surface area contributed by atoms with Crippen molar-refractivity contribution in [3.63, 3.8) is 0 Å². The predicted molar refractivity (Wildman–Crippen MR) is 114 cm³/mol. The monoisotopic (exact) mass is 389 g/mol. The van der Waals surface area contributed by atoms with E-state index in [4.69, 9.17) is 15.0 Å². The molecule has 0 radical (unpaired) electrons. The van der Waals surface area contributed by atoms with Gasteiger partial charge in [-0.2, -0.15) is 0 Å². The van der Waals surface area contributed by atoms with Gasteiger partial charge in [0.05, 0.1) is 11.2 Å². The Balaban J connectivity index is 1.75. The van der Waals surface area contributed by atoms with E-state index >= 15 is 0 Å². The first-order valence-corrected chi connectivity index (χ1v) is 9.73. The van der Waals surface area contributed by atoms with Crippen molar-refractivity contribution in [3.05, 3.63) is 64.6 Å². The third-order valence-electron chi connectivity index (χ3n) is 6.10. The van der Waals surface area contributed by atoms with Crippen LogP contribution >= 0.6 is 0 Å². The van der Waals surface area contributed by atoms with E-state index in [1.165, 1.54) is 0 Å². The number of carbonyl (C=O) groups excluding carboxylic acids is 2. The molecular formula is C23H24BNO4. The molecule has 0 bridgehead atoms. The number of ketones is 2. The topological polar surface area (TPSA) is 78.6 Å². The van der Waals surface area contributed by atoms with Gasteiger partial charge in [-0.15, -0.1) is 0 Å². The van der Waals surface area contributed by atoms with Crippen LogP contribution in [-0.4, -0.2) is 36.4 Å². The van der Waals surface area contributed by atoms with E-state index in [1.807, 2.05) is 58.0 Å². The average Bonchev–Trinajstić information content (AvgIpc) is 2.91. The summed E-state index contributed by atoms with van der Waals surface area (Å²) in [5, 5.41) is 0. The smallest absolute Gasteiger partial charge is 0.400 e. The fourth-order valence-electron chi connectivity index (χ4n) is 3.66. The highest BCUT2D eigenvalue weighted by Crippen LogP contribution is 2.39. The van der Waals surface area contributed by atoms with Crippen LogP contribution in [0, 0.1) is 0 Å². The van der Waals surface area contributed by atoms with E-state index in [-0.39, 0.29) is 6.54 Å². The molecule has 1 aliphatic carbocycles. The highest BCUT2D eigenvalue weighted by molar-refractivity contribution is 6.56. The second-order valence-corrected chi connectivity index (χ2v) is 8.52. The molecule has 4 rings (SSSR count). The molecule has 1 heterocycles. The van der Waals surface area contributed by atoms with Crippen LogP contribution in [0.4, 0.5) is 0 Å². The first-order chi connectivity index (χ1) is 13.6. The van der Waals surface area contributed by atoms with Gasteiger partial charge in [0.15, 0.2) is 0 Å². The lowest BCUT2D eigenvalue weighted by Gasteiger charge is -2.32. The quantitative estimate of drug-likeness (QED) is 0.640. The second kappa shape index (κ2) is 6.77. The molecule has 0 spiro atoms. The van der Waals surface area contributed by atoms with E-state index in [9.17, 15) is 9.59 Å². The van der Waals surface area contributed by atoms with Crippen LogP contribution < -0.4 is 5.73 Å². The molecule has 0 unspecified atom stereocenters. The number of rotatable bonds is 3. The SMILES string of the molecule is CC1(C)OB(C(=Cc2ccc3c(c2)-c2ccccc2C(=O)C3=O)CN)OC1(C)C. The van der Waals surface area contributed by atoms with Crippen LogP contribution in [0.15, 0.2) is 47.9 Å². The fraction of sp³-hybridized carbons (Fsp3) is 0.304. The third kappa shape index (κ3) is 3.17. The Hall–Kier alpha value is -2.54. The summed E-state index contributed by atoms with van der Waals surface area (Å²) in [6.07, 6.45) is 1.94. The minimum Gasteiger partial charge on any atom is -0.400 e. The molecule has 2 aromatic carbocycles. The Bertz CT molecular complexity index is 1040. The Morgan fingerprint density at radius 2 is 1.45 bits per heavy atom. The molecule has 5 nitrogen and oxygen atoms in total. The molecule has 148 valence electrons. The van der Waals surface area contributed by atoms with Gasteiger partial charge < -0.3 is 15.0 Å². The van der Waals surface area contributed by atoms with Crippen molar-refractivity contribution in [2.45, 2.75) is 38.9 Å². The molecule has 2 aliphatic rings. The zero-order chi connectivity index (χ0) is 21.0. The van der Waals surface area contributed by atoms with Crippen LogP contribution in [-0.2, 0) is 9.31 Å². The summed E-state index contributed by atoms with van der Waals surface area (Å²) >= 11 is 0. The molecule has 2 N–H and O–H groups in total. The Morgan fingerprint density at radius 1 is 0.897 bits per heavy atom. The summed E-state index contributed by atoms with van der Waals surface area (Å²) in [5.74, 6) is -0.935. The second-order valence-electron chi connectivity index (χ2n) is 8.52. The van der Waals surface area contributed by atoms with Gasteiger partial charge in [-0.05, 0) is 62.0 Å². The largest absolute Gasteiger partial charge is 0.491 e. The van der Waals surface area contributed by atoms with Crippen LogP contribution in [0.1, 0.15) is 54.0 Å². The zero-order valence-electron chi connectivity index (χ0n) is 17.1. The Morgan fingerprint density at radius 3 is 2.03 bits per heavy atom. The first-order valence-electron chi connectivity index (χ1n) is 9.73. The zero-order valence-corrected chi connectivity index (χ0v) is 17.1. The minimum atomic E-state index is -0.531. The molecule has 1 fully saturated rings. The molecular weight excluding hydrogens is 365 g/mol. The maximum Gasteiger partial charge on any atom is 0.491 e. The van der Waals surface area contributed by atoms with Crippen molar-refractivity contribution in [1.82, 2.24) is 0 Å². The molecule has 29 heavy (non-hydrogen) atoms. The summed E-state index contributed by atoms with van der Waals surface area (Å²) in [7, 11) is -0.531. The Labute approximate surface area is 171 Å². The standard InChI is InChI=1S/C23H24BNO4/c1-22(2)23(3,4)29-24(28-22)15(13-25)11-14-9-10-18-19(12-14)16-7-5-6-8-17(16)20(26)21(18)27/h5-12H,13,25H2,1-4H3. The van der Waals surface area contributed by atoms with Gasteiger partial charge in [0.25, 0.3) is 0 Å². The van der Waals surface area contributed by atoms with E-state index in [0.29, 0.717) is 11.1 Å². The number of fused-ring (bicyclic) bond motifs is 3. The minimum absolute atomic E-state index is 0.280. The number of hydrogen-bond donors (Lipinski definition) is 1. The van der Waals surface area contributed by atoms with E-state index in [2.05, 4.69) is 0 Å². The van der Waals surface area contributed by atoms with Gasteiger partial charge in [-0.1, -0.05) is 36.4 Å². The normalized spacial score (nSPS) is 19.9. The lowest BCUT2D eigenvalue weighted by atomic mass is 9.76. The van der Waals surface area contributed by atoms with Gasteiger partial charge in [0.2, 0.25) is 11.6 Å². The van der Waals surface area contributed by atoms with Crippen molar-refractivity contribution in [2.75, 3.05) is 6.54 Å². The predicted octanol–water partition coefficient (Wildman–Crippen LogP) is 3.71. The number of benzene rings is 2. The van der Waals surface area contributed by atoms with Crippen molar-refractivity contribution >= 4 is 24.8 Å². The van der Waals surface area contributed by atoms with Crippen molar-refractivity contribution < 1.29 is 18.9 Å². The maximum absolute atomic E-state index is 12.5. The maximum atomic E-state index is 12.5. The summed E-state index contributed by atoms with van der Waals surface area (Å²) in [6.45, 7) is 8.28. The van der Waals surface area contributed by atoms with Crippen molar-refractivity contribution in [1.29, 1.82) is 0 Å². The highest BCUT2D eigenvalue weighted by Gasteiger charge is 2.52. The summed E-state index contributed by atoms with van der Waals surface area (Å²) < 4.78 is 12.2. The van der Waals surface area contributed by atoms with Gasteiger partial charge in [-0.3, -0.25) is 9.59 Å². The van der Waals surface area contributed by atoms with Gasteiger partial charge in [0, 0.05) is 17.7 Å². The summed E-state index contributed by atoms with van der Waals surface area (Å²) in [4.78, 5) is 24.9. The molecule has 0 atom stereocenters. The van der Waals surface area contributed by atoms with Crippen LogP contribution in [0.5, 0.6) is 0 Å². The summed E-state index contributed by atoms with van der Waals surface area (Å²) in [5.41, 5.74) is 9.18. The van der Waals surface area contributed by atoms with E-state index in [1.54, 1.807) is 18.2 Å². The summed E-state index contributed by atoms with van der Waals surface area (Å²) in [6, 6.07) is 12.6. The molecule has 1 saturated heterocycles. The molecule has 0 saturated carbocycles. The van der Waals surface area contributed by atoms with Crippen molar-refractivity contribution in [3.8, 4) is 11.1 Å². The van der Waals surface area contributed by atoms with Crippen LogP contribution in [0.25, 0.3) is 17.2 Å².